The maximum absolute atomic E-state index is 13.1. The summed E-state index contributed by atoms with van der Waals surface area (Å²) in [5, 5.41) is 2.72. The van der Waals surface area contributed by atoms with Crippen LogP contribution in [0.15, 0.2) is 71.6 Å². The molecule has 1 amide bonds. The molecule has 1 N–H and O–H groups in total. The average molecular weight is 489 g/mol. The van der Waals surface area contributed by atoms with Crippen LogP contribution in [0.5, 0.6) is 0 Å². The van der Waals surface area contributed by atoms with E-state index in [0.717, 1.165) is 12.8 Å². The zero-order valence-electron chi connectivity index (χ0n) is 19.2. The van der Waals surface area contributed by atoms with Crippen molar-refractivity contribution >= 4 is 33.2 Å². The highest BCUT2D eigenvalue weighted by atomic mass is 32.2. The van der Waals surface area contributed by atoms with Gasteiger partial charge in [0.15, 0.2) is 11.6 Å². The third kappa shape index (κ3) is 4.09. The number of sulfonamides is 1. The van der Waals surface area contributed by atoms with Crippen LogP contribution in [0.4, 0.5) is 5.69 Å². The van der Waals surface area contributed by atoms with Crippen molar-refractivity contribution in [3.8, 4) is 0 Å². The molecule has 0 radical (unpaired) electrons. The van der Waals surface area contributed by atoms with E-state index in [1.807, 2.05) is 0 Å². The molecule has 3 aromatic carbocycles. The summed E-state index contributed by atoms with van der Waals surface area (Å²) in [6, 6.07) is 17.1. The molecule has 0 saturated carbocycles. The van der Waals surface area contributed by atoms with Crippen molar-refractivity contribution in [1.29, 1.82) is 0 Å². The lowest BCUT2D eigenvalue weighted by atomic mass is 9.83. The van der Waals surface area contributed by atoms with Crippen LogP contribution in [0.25, 0.3) is 0 Å². The number of anilines is 1. The summed E-state index contributed by atoms with van der Waals surface area (Å²) in [4.78, 5) is 39.2. The summed E-state index contributed by atoms with van der Waals surface area (Å²) in [5.41, 5.74) is 1.51. The van der Waals surface area contributed by atoms with Crippen molar-refractivity contribution in [3.63, 3.8) is 0 Å². The third-order valence-corrected chi connectivity index (χ3v) is 8.61. The van der Waals surface area contributed by atoms with Gasteiger partial charge in [-0.05, 0) is 49.1 Å². The van der Waals surface area contributed by atoms with E-state index >= 15 is 0 Å². The van der Waals surface area contributed by atoms with Crippen LogP contribution < -0.4 is 5.32 Å². The first-order valence-electron chi connectivity index (χ1n) is 11.5. The van der Waals surface area contributed by atoms with Crippen molar-refractivity contribution < 1.29 is 22.8 Å². The Bertz CT molecular complexity index is 1450. The number of hydrogen-bond donors (Lipinski definition) is 1. The van der Waals surface area contributed by atoms with E-state index in [0.29, 0.717) is 30.1 Å². The van der Waals surface area contributed by atoms with Crippen LogP contribution in [0.3, 0.4) is 0 Å². The van der Waals surface area contributed by atoms with Gasteiger partial charge in [0.1, 0.15) is 0 Å². The smallest absolute Gasteiger partial charge is 0.255 e. The fourth-order valence-corrected chi connectivity index (χ4v) is 6.07. The zero-order chi connectivity index (χ0) is 24.7. The number of carbonyl (C=O) groups excluding carboxylic acids is 3. The van der Waals surface area contributed by atoms with Crippen LogP contribution >= 0.6 is 0 Å². The Morgan fingerprint density at radius 2 is 1.43 bits per heavy atom. The van der Waals surface area contributed by atoms with E-state index in [9.17, 15) is 22.8 Å². The van der Waals surface area contributed by atoms with Crippen molar-refractivity contribution in [3.05, 3.63) is 94.5 Å². The second-order valence-corrected chi connectivity index (χ2v) is 10.9. The Morgan fingerprint density at radius 3 is 2.09 bits per heavy atom. The fraction of sp³-hybridized carbons (Fsp3) is 0.222. The number of benzene rings is 3. The summed E-state index contributed by atoms with van der Waals surface area (Å²) >= 11 is 0. The van der Waals surface area contributed by atoms with E-state index in [4.69, 9.17) is 0 Å². The van der Waals surface area contributed by atoms with Crippen LogP contribution in [0.1, 0.15) is 62.0 Å². The standard InChI is InChI=1S/C27H24N2O5S/c1-17-13-15-29(16-14-17)35(33,34)19-11-9-18(10-12-19)27(32)28-23-8-4-7-22-24(23)26(31)21-6-3-2-5-20(21)25(22)30/h2-12,17H,13-16H2,1H3,(H,28,32). The molecule has 1 fully saturated rings. The minimum absolute atomic E-state index is 0.137. The van der Waals surface area contributed by atoms with Crippen LogP contribution in [0.2, 0.25) is 0 Å². The average Bonchev–Trinajstić information content (AvgIpc) is 2.87. The monoisotopic (exact) mass is 488 g/mol. The molecule has 178 valence electrons. The van der Waals surface area contributed by atoms with Crippen molar-refractivity contribution in [2.75, 3.05) is 18.4 Å². The minimum Gasteiger partial charge on any atom is -0.321 e. The molecule has 1 saturated heterocycles. The number of hydrogen-bond acceptors (Lipinski definition) is 5. The highest BCUT2D eigenvalue weighted by Gasteiger charge is 2.32. The van der Waals surface area contributed by atoms with Gasteiger partial charge in [-0.15, -0.1) is 0 Å². The molecule has 35 heavy (non-hydrogen) atoms. The first kappa shape index (κ1) is 23.1. The Kier molecular flexibility index (Phi) is 5.86. The molecular weight excluding hydrogens is 464 g/mol. The SMILES string of the molecule is CC1CCN(S(=O)(=O)c2ccc(C(=O)Nc3cccc4c3C(=O)c3ccccc3C4=O)cc2)CC1. The molecule has 1 aliphatic heterocycles. The molecule has 7 nitrogen and oxygen atoms in total. The molecule has 2 aliphatic rings. The van der Waals surface area contributed by atoms with Gasteiger partial charge in [-0.2, -0.15) is 4.31 Å². The van der Waals surface area contributed by atoms with Crippen molar-refractivity contribution in [2.24, 2.45) is 5.92 Å². The number of piperidine rings is 1. The van der Waals surface area contributed by atoms with Crippen LogP contribution in [-0.2, 0) is 10.0 Å². The Labute approximate surface area is 203 Å². The lowest BCUT2D eigenvalue weighted by Gasteiger charge is -2.29. The fourth-order valence-electron chi connectivity index (χ4n) is 4.60. The van der Waals surface area contributed by atoms with Gasteiger partial charge in [0, 0.05) is 35.3 Å². The predicted octanol–water partition coefficient (Wildman–Crippen LogP) is 4.13. The summed E-state index contributed by atoms with van der Waals surface area (Å²) < 4.78 is 27.4. The van der Waals surface area contributed by atoms with Crippen molar-refractivity contribution in [2.45, 2.75) is 24.7 Å². The molecule has 8 heteroatoms. The molecule has 5 rings (SSSR count). The predicted molar refractivity (Wildman–Crippen MR) is 131 cm³/mol. The highest BCUT2D eigenvalue weighted by Crippen LogP contribution is 2.32. The first-order valence-corrected chi connectivity index (χ1v) is 12.9. The van der Waals surface area contributed by atoms with Gasteiger partial charge in [-0.25, -0.2) is 8.42 Å². The molecule has 0 spiro atoms. The number of rotatable bonds is 4. The third-order valence-electron chi connectivity index (χ3n) is 6.70. The van der Waals surface area contributed by atoms with E-state index in [2.05, 4.69) is 12.2 Å². The molecule has 3 aromatic rings. The van der Waals surface area contributed by atoms with Crippen LogP contribution in [-0.4, -0.2) is 43.3 Å². The van der Waals surface area contributed by atoms with E-state index in [1.54, 1.807) is 42.5 Å². The normalized spacial score (nSPS) is 16.5. The quantitative estimate of drug-likeness (QED) is 0.465. The molecule has 1 aliphatic carbocycles. The van der Waals surface area contributed by atoms with Gasteiger partial charge in [0.05, 0.1) is 16.1 Å². The molecule has 0 unspecified atom stereocenters. The Balaban J connectivity index is 1.39. The molecular formula is C27H24N2O5S. The molecule has 0 atom stereocenters. The summed E-state index contributed by atoms with van der Waals surface area (Å²) in [7, 11) is -3.62. The number of nitrogens with one attached hydrogen (secondary N) is 1. The lowest BCUT2D eigenvalue weighted by molar-refractivity contribution is 0.0978. The second-order valence-electron chi connectivity index (χ2n) is 9.00. The number of fused-ring (bicyclic) bond motifs is 2. The Morgan fingerprint density at radius 1 is 0.829 bits per heavy atom. The minimum atomic E-state index is -3.62. The molecule has 1 heterocycles. The molecule has 0 aromatic heterocycles. The van der Waals surface area contributed by atoms with Gasteiger partial charge in [0.25, 0.3) is 5.91 Å². The maximum Gasteiger partial charge on any atom is 0.255 e. The van der Waals surface area contributed by atoms with Gasteiger partial charge in [-0.3, -0.25) is 14.4 Å². The number of nitrogens with zero attached hydrogens (tertiary/aromatic N) is 1. The van der Waals surface area contributed by atoms with Crippen molar-refractivity contribution in [1.82, 2.24) is 4.31 Å². The summed E-state index contributed by atoms with van der Waals surface area (Å²) in [6.07, 6.45) is 1.65. The van der Waals surface area contributed by atoms with Gasteiger partial charge in [-0.1, -0.05) is 43.3 Å². The summed E-state index contributed by atoms with van der Waals surface area (Å²) in [6.45, 7) is 3.09. The molecule has 0 bridgehead atoms. The summed E-state index contributed by atoms with van der Waals surface area (Å²) in [5.74, 6) is -0.600. The number of amides is 1. The largest absolute Gasteiger partial charge is 0.321 e. The van der Waals surface area contributed by atoms with E-state index in [-0.39, 0.29) is 38.8 Å². The first-order chi connectivity index (χ1) is 16.8. The van der Waals surface area contributed by atoms with Gasteiger partial charge in [0.2, 0.25) is 10.0 Å². The second kappa shape index (κ2) is 8.87. The lowest BCUT2D eigenvalue weighted by Crippen LogP contribution is -2.37. The maximum atomic E-state index is 13.1. The topological polar surface area (TPSA) is 101 Å². The van der Waals surface area contributed by atoms with Gasteiger partial charge < -0.3 is 5.32 Å². The number of ketones is 2. The Hall–Kier alpha value is -3.62. The van der Waals surface area contributed by atoms with Crippen LogP contribution in [0, 0.1) is 5.92 Å². The highest BCUT2D eigenvalue weighted by molar-refractivity contribution is 7.89. The van der Waals surface area contributed by atoms with E-state index < -0.39 is 15.9 Å². The zero-order valence-corrected chi connectivity index (χ0v) is 20.0. The number of carbonyl (C=O) groups is 3. The van der Waals surface area contributed by atoms with E-state index in [1.165, 1.54) is 28.6 Å². The van der Waals surface area contributed by atoms with Gasteiger partial charge >= 0.3 is 0 Å².